The van der Waals surface area contributed by atoms with Gasteiger partial charge in [0.1, 0.15) is 0 Å². The van der Waals surface area contributed by atoms with Gasteiger partial charge in [-0.3, -0.25) is 4.79 Å². The summed E-state index contributed by atoms with van der Waals surface area (Å²) in [5.74, 6) is -0.490. The minimum Gasteiger partial charge on any atom is -0.481 e. The summed E-state index contributed by atoms with van der Waals surface area (Å²) in [7, 11) is 0. The highest BCUT2D eigenvalue weighted by atomic mass is 16.4. The van der Waals surface area contributed by atoms with E-state index in [1.165, 1.54) is 0 Å². The van der Waals surface area contributed by atoms with Crippen molar-refractivity contribution in [2.45, 2.75) is 19.8 Å². The number of nitrogens with zero attached hydrogens (tertiary/aromatic N) is 2. The molecule has 1 saturated carbocycles. The van der Waals surface area contributed by atoms with Crippen LogP contribution in [0.1, 0.15) is 19.8 Å². The van der Waals surface area contributed by atoms with E-state index in [4.69, 9.17) is 10.6 Å². The summed E-state index contributed by atoms with van der Waals surface area (Å²) in [6, 6.07) is 0. The van der Waals surface area contributed by atoms with E-state index >= 15 is 0 Å². The van der Waals surface area contributed by atoms with Gasteiger partial charge in [-0.25, -0.2) is 0 Å². The highest BCUT2D eigenvalue weighted by molar-refractivity contribution is 5.97. The zero-order valence-electron chi connectivity index (χ0n) is 6.32. The molecule has 2 unspecified atom stereocenters. The Morgan fingerprint density at radius 3 is 3.00 bits per heavy atom. The first kappa shape index (κ1) is 7.95. The zero-order valence-corrected chi connectivity index (χ0v) is 6.32. The van der Waals surface area contributed by atoms with Crippen LogP contribution in [-0.4, -0.2) is 21.6 Å². The number of carbonyl (C=O) groups is 1. The SMILES string of the molecule is CC(CC(=O)O)C1CC1=[N+]=[N-]. The van der Waals surface area contributed by atoms with Crippen LogP contribution in [0.2, 0.25) is 0 Å². The molecule has 1 aliphatic carbocycles. The van der Waals surface area contributed by atoms with Gasteiger partial charge in [0, 0.05) is 6.42 Å². The summed E-state index contributed by atoms with van der Waals surface area (Å²) in [6.07, 6.45) is 0.911. The van der Waals surface area contributed by atoms with Gasteiger partial charge < -0.3 is 10.6 Å². The van der Waals surface area contributed by atoms with Gasteiger partial charge in [-0.2, -0.15) is 4.79 Å². The normalized spacial score (nSPS) is 24.1. The second kappa shape index (κ2) is 2.84. The van der Waals surface area contributed by atoms with Gasteiger partial charge in [0.05, 0.1) is 12.3 Å². The Labute approximate surface area is 64.5 Å². The fourth-order valence-corrected chi connectivity index (χ4v) is 1.23. The molecule has 0 bridgehead atoms. The molecule has 60 valence electrons. The molecule has 0 heterocycles. The van der Waals surface area contributed by atoms with E-state index in [-0.39, 0.29) is 18.3 Å². The quantitative estimate of drug-likeness (QED) is 0.482. The molecule has 1 aliphatic rings. The molecule has 4 nitrogen and oxygen atoms in total. The van der Waals surface area contributed by atoms with E-state index in [2.05, 4.69) is 4.79 Å². The maximum atomic E-state index is 10.2. The topological polar surface area (TPSA) is 73.7 Å². The highest BCUT2D eigenvalue weighted by Crippen LogP contribution is 2.33. The lowest BCUT2D eigenvalue weighted by atomic mass is 10.0. The lowest BCUT2D eigenvalue weighted by molar-refractivity contribution is -0.138. The van der Waals surface area contributed by atoms with Crippen LogP contribution >= 0.6 is 0 Å². The first-order valence-electron chi connectivity index (χ1n) is 3.57. The molecule has 0 aromatic heterocycles. The van der Waals surface area contributed by atoms with Crippen LogP contribution < -0.4 is 0 Å². The molecular weight excluding hydrogens is 144 g/mol. The summed E-state index contributed by atoms with van der Waals surface area (Å²) in [6.45, 7) is 1.86. The van der Waals surface area contributed by atoms with Crippen molar-refractivity contribution >= 4 is 11.7 Å². The van der Waals surface area contributed by atoms with E-state index in [1.807, 2.05) is 6.92 Å². The van der Waals surface area contributed by atoms with Crippen molar-refractivity contribution in [2.75, 3.05) is 0 Å². The number of rotatable bonds is 3. The van der Waals surface area contributed by atoms with Crippen LogP contribution in [0.25, 0.3) is 5.53 Å². The Hall–Kier alpha value is -1.15. The Morgan fingerprint density at radius 1 is 2.00 bits per heavy atom. The molecule has 1 rings (SSSR count). The number of hydrogen-bond acceptors (Lipinski definition) is 1. The zero-order chi connectivity index (χ0) is 8.43. The maximum Gasteiger partial charge on any atom is 0.303 e. The van der Waals surface area contributed by atoms with Crippen molar-refractivity contribution < 1.29 is 14.7 Å². The molecule has 0 amide bonds. The molecule has 0 spiro atoms. The maximum absolute atomic E-state index is 10.2. The molecule has 2 atom stereocenters. The predicted molar refractivity (Wildman–Crippen MR) is 38.2 cm³/mol. The van der Waals surface area contributed by atoms with E-state index in [9.17, 15) is 4.79 Å². The Kier molecular flexibility index (Phi) is 2.06. The van der Waals surface area contributed by atoms with Gasteiger partial charge in [0.2, 0.25) is 0 Å². The Morgan fingerprint density at radius 2 is 2.64 bits per heavy atom. The lowest BCUT2D eigenvalue weighted by Gasteiger charge is -2.00. The summed E-state index contributed by atoms with van der Waals surface area (Å²) in [5, 5.41) is 8.42. The first-order chi connectivity index (χ1) is 5.15. The number of aliphatic carboxylic acids is 1. The summed E-state index contributed by atoms with van der Waals surface area (Å²) in [4.78, 5) is 13.3. The molecule has 0 radical (unpaired) electrons. The van der Waals surface area contributed by atoms with E-state index in [0.717, 1.165) is 12.1 Å². The monoisotopic (exact) mass is 154 g/mol. The molecule has 0 aliphatic heterocycles. The van der Waals surface area contributed by atoms with Crippen LogP contribution in [0, 0.1) is 11.8 Å². The van der Waals surface area contributed by atoms with Gasteiger partial charge in [-0.15, -0.1) is 0 Å². The van der Waals surface area contributed by atoms with Crippen LogP contribution in [0.15, 0.2) is 0 Å². The molecule has 0 saturated heterocycles. The van der Waals surface area contributed by atoms with Crippen LogP contribution in [0.4, 0.5) is 0 Å². The fourth-order valence-electron chi connectivity index (χ4n) is 1.23. The minimum absolute atomic E-state index is 0.0957. The van der Waals surface area contributed by atoms with Crippen LogP contribution in [-0.2, 0) is 4.79 Å². The van der Waals surface area contributed by atoms with E-state index < -0.39 is 5.97 Å². The van der Waals surface area contributed by atoms with Crippen molar-refractivity contribution in [3.05, 3.63) is 5.53 Å². The fraction of sp³-hybridized carbons (Fsp3) is 0.714. The van der Waals surface area contributed by atoms with Crippen molar-refractivity contribution in [3.8, 4) is 0 Å². The minimum atomic E-state index is -0.790. The van der Waals surface area contributed by atoms with E-state index in [1.54, 1.807) is 0 Å². The number of hydrogen-bond donors (Lipinski definition) is 1. The molecule has 0 aromatic carbocycles. The summed E-state index contributed by atoms with van der Waals surface area (Å²) < 4.78 is 0. The molecule has 0 aromatic rings. The van der Waals surface area contributed by atoms with Crippen molar-refractivity contribution in [2.24, 2.45) is 11.8 Å². The van der Waals surface area contributed by atoms with Gasteiger partial charge in [0.25, 0.3) is 5.71 Å². The Bertz CT molecular complexity index is 231. The van der Waals surface area contributed by atoms with Gasteiger partial charge in [-0.05, 0) is 5.92 Å². The average molecular weight is 154 g/mol. The lowest BCUT2D eigenvalue weighted by Crippen LogP contribution is -2.06. The van der Waals surface area contributed by atoms with Crippen LogP contribution in [0.5, 0.6) is 0 Å². The standard InChI is InChI=1S/C7H10N2O2/c1-4(2-7(10)11)5-3-6(5)9-8/h4-5H,2-3H2,1H3,(H,10,11). The largest absolute Gasteiger partial charge is 0.481 e. The third-order valence-corrected chi connectivity index (χ3v) is 2.01. The highest BCUT2D eigenvalue weighted by Gasteiger charge is 2.45. The third-order valence-electron chi connectivity index (χ3n) is 2.01. The van der Waals surface area contributed by atoms with Crippen LogP contribution in [0.3, 0.4) is 0 Å². The predicted octanol–water partition coefficient (Wildman–Crippen LogP) is 0.788. The summed E-state index contributed by atoms with van der Waals surface area (Å²) in [5.41, 5.74) is 9.03. The summed E-state index contributed by atoms with van der Waals surface area (Å²) >= 11 is 0. The third kappa shape index (κ3) is 1.88. The van der Waals surface area contributed by atoms with Gasteiger partial charge >= 0.3 is 5.97 Å². The van der Waals surface area contributed by atoms with Gasteiger partial charge in [-0.1, -0.05) is 6.92 Å². The molecular formula is C7H10N2O2. The molecule has 4 heteroatoms. The van der Waals surface area contributed by atoms with Crippen molar-refractivity contribution in [1.29, 1.82) is 0 Å². The van der Waals surface area contributed by atoms with Crippen molar-refractivity contribution in [3.63, 3.8) is 0 Å². The molecule has 1 fully saturated rings. The number of carboxylic acids is 1. The smallest absolute Gasteiger partial charge is 0.303 e. The average Bonchev–Trinajstić information content (AvgIpc) is 2.63. The first-order valence-corrected chi connectivity index (χ1v) is 3.57. The molecule has 1 N–H and O–H groups in total. The number of carboxylic acid groups (broad SMARTS) is 1. The van der Waals surface area contributed by atoms with Crippen molar-refractivity contribution in [1.82, 2.24) is 0 Å². The Balaban J connectivity index is 2.39. The van der Waals surface area contributed by atoms with E-state index in [0.29, 0.717) is 0 Å². The second-order valence-corrected chi connectivity index (χ2v) is 2.98. The second-order valence-electron chi connectivity index (χ2n) is 2.98. The molecule has 11 heavy (non-hydrogen) atoms. The van der Waals surface area contributed by atoms with Gasteiger partial charge in [0.15, 0.2) is 0 Å².